The van der Waals surface area contributed by atoms with E-state index < -0.39 is 5.97 Å². The van der Waals surface area contributed by atoms with Gasteiger partial charge in [-0.05, 0) is 19.3 Å². The fraction of sp³-hybridized carbons (Fsp3) is 0.636. The number of nitrogens with one attached hydrogen (secondary N) is 3. The number of nitrogens with zero attached hydrogens (tertiary/aromatic N) is 2. The first-order valence-corrected chi connectivity index (χ1v) is 6.26. The van der Waals surface area contributed by atoms with Gasteiger partial charge in [-0.25, -0.2) is 9.78 Å². The van der Waals surface area contributed by atoms with Gasteiger partial charge < -0.3 is 15.7 Å². The van der Waals surface area contributed by atoms with Crippen LogP contribution in [0.15, 0.2) is 6.33 Å². The molecule has 2 atom stereocenters. The number of carbonyl (C=O) groups is 2. The Morgan fingerprint density at radius 2 is 2.32 bits per heavy atom. The fourth-order valence-electron chi connectivity index (χ4n) is 2.26. The van der Waals surface area contributed by atoms with Crippen molar-refractivity contribution < 1.29 is 14.7 Å². The maximum Gasteiger partial charge on any atom is 0.315 e. The first-order valence-electron chi connectivity index (χ1n) is 6.26. The van der Waals surface area contributed by atoms with E-state index in [0.717, 1.165) is 12.8 Å². The number of aliphatic carboxylic acids is 1. The molecular formula is C11H17N5O3. The lowest BCUT2D eigenvalue weighted by atomic mass is 9.86. The average Bonchev–Trinajstić information content (AvgIpc) is 2.90. The van der Waals surface area contributed by atoms with Crippen molar-refractivity contribution >= 4 is 12.0 Å². The third kappa shape index (κ3) is 3.94. The summed E-state index contributed by atoms with van der Waals surface area (Å²) >= 11 is 0. The van der Waals surface area contributed by atoms with Crippen molar-refractivity contribution in [3.63, 3.8) is 0 Å². The molecule has 1 saturated carbocycles. The number of aromatic amines is 1. The van der Waals surface area contributed by atoms with Gasteiger partial charge in [-0.1, -0.05) is 6.42 Å². The van der Waals surface area contributed by atoms with Gasteiger partial charge in [-0.3, -0.25) is 9.89 Å². The molecule has 1 heterocycles. The van der Waals surface area contributed by atoms with Crippen LogP contribution in [0.5, 0.6) is 0 Å². The lowest BCUT2D eigenvalue weighted by Gasteiger charge is -2.27. The monoisotopic (exact) mass is 267 g/mol. The Morgan fingerprint density at radius 3 is 3.00 bits per heavy atom. The van der Waals surface area contributed by atoms with Crippen LogP contribution in [-0.4, -0.2) is 38.3 Å². The van der Waals surface area contributed by atoms with Crippen LogP contribution in [0.2, 0.25) is 0 Å². The van der Waals surface area contributed by atoms with Crippen molar-refractivity contribution in [2.24, 2.45) is 5.92 Å². The molecule has 1 aromatic heterocycles. The van der Waals surface area contributed by atoms with Crippen LogP contribution in [0.1, 0.15) is 31.5 Å². The lowest BCUT2D eigenvalue weighted by Crippen LogP contribution is -2.44. The second-order valence-electron chi connectivity index (χ2n) is 4.66. The number of carboxylic acids is 1. The molecule has 0 aromatic carbocycles. The molecule has 2 rings (SSSR count). The van der Waals surface area contributed by atoms with Crippen LogP contribution in [-0.2, 0) is 11.3 Å². The van der Waals surface area contributed by atoms with E-state index in [9.17, 15) is 9.59 Å². The summed E-state index contributed by atoms with van der Waals surface area (Å²) in [6.45, 7) is 0.265. The molecule has 1 aliphatic carbocycles. The Labute approximate surface area is 110 Å². The van der Waals surface area contributed by atoms with Crippen LogP contribution in [0.3, 0.4) is 0 Å². The van der Waals surface area contributed by atoms with Gasteiger partial charge >= 0.3 is 12.0 Å². The second kappa shape index (κ2) is 6.17. The van der Waals surface area contributed by atoms with Crippen LogP contribution in [0.25, 0.3) is 0 Å². The normalized spacial score (nSPS) is 22.7. The Hall–Kier alpha value is -2.12. The van der Waals surface area contributed by atoms with Crippen molar-refractivity contribution in [2.45, 2.75) is 38.3 Å². The number of rotatable bonds is 4. The number of H-pyrrole nitrogens is 1. The third-order valence-corrected chi connectivity index (χ3v) is 3.24. The fourth-order valence-corrected chi connectivity index (χ4v) is 2.26. The zero-order valence-corrected chi connectivity index (χ0v) is 10.4. The highest BCUT2D eigenvalue weighted by Gasteiger charge is 2.27. The number of hydrogen-bond acceptors (Lipinski definition) is 4. The number of urea groups is 1. The topological polar surface area (TPSA) is 120 Å². The van der Waals surface area contributed by atoms with Gasteiger partial charge in [0.15, 0.2) is 0 Å². The zero-order chi connectivity index (χ0) is 13.7. The minimum absolute atomic E-state index is 0.0791. The van der Waals surface area contributed by atoms with Gasteiger partial charge in [0.2, 0.25) is 0 Å². The Kier molecular flexibility index (Phi) is 4.32. The molecule has 0 saturated heterocycles. The van der Waals surface area contributed by atoms with E-state index in [1.807, 2.05) is 0 Å². The number of carbonyl (C=O) groups excluding carboxylic acids is 1. The van der Waals surface area contributed by atoms with E-state index in [4.69, 9.17) is 5.11 Å². The van der Waals surface area contributed by atoms with Crippen molar-refractivity contribution in [3.8, 4) is 0 Å². The van der Waals surface area contributed by atoms with Crippen molar-refractivity contribution in [2.75, 3.05) is 0 Å². The number of amides is 2. The van der Waals surface area contributed by atoms with Gasteiger partial charge in [0.05, 0.1) is 12.5 Å². The summed E-state index contributed by atoms with van der Waals surface area (Å²) < 4.78 is 0. The Morgan fingerprint density at radius 1 is 1.47 bits per heavy atom. The van der Waals surface area contributed by atoms with E-state index in [-0.39, 0.29) is 24.5 Å². The predicted molar refractivity (Wildman–Crippen MR) is 65.1 cm³/mol. The molecule has 2 unspecified atom stereocenters. The molecular weight excluding hydrogens is 250 g/mol. The maximum atomic E-state index is 11.7. The largest absolute Gasteiger partial charge is 0.481 e. The highest BCUT2D eigenvalue weighted by Crippen LogP contribution is 2.24. The minimum Gasteiger partial charge on any atom is -0.481 e. The van der Waals surface area contributed by atoms with Gasteiger partial charge in [0.25, 0.3) is 0 Å². The minimum atomic E-state index is -0.784. The van der Waals surface area contributed by atoms with Gasteiger partial charge in [-0.2, -0.15) is 5.10 Å². The standard InChI is InChI=1S/C11H17N5O3/c17-10(18)7-2-1-3-8(4-7)15-11(19)12-5-9-13-6-14-16-9/h6-8H,1-5H2,(H,17,18)(H2,12,15,19)(H,13,14,16). The highest BCUT2D eigenvalue weighted by molar-refractivity contribution is 5.74. The smallest absolute Gasteiger partial charge is 0.315 e. The van der Waals surface area contributed by atoms with E-state index in [2.05, 4.69) is 25.8 Å². The third-order valence-electron chi connectivity index (χ3n) is 3.24. The predicted octanol–water partition coefficient (Wildman–Crippen LogP) is 0.247. The maximum absolute atomic E-state index is 11.7. The highest BCUT2D eigenvalue weighted by atomic mass is 16.4. The van der Waals surface area contributed by atoms with Gasteiger partial charge in [0.1, 0.15) is 12.2 Å². The summed E-state index contributed by atoms with van der Waals surface area (Å²) in [7, 11) is 0. The Balaban J connectivity index is 1.74. The van der Waals surface area contributed by atoms with Crippen LogP contribution in [0.4, 0.5) is 4.79 Å². The van der Waals surface area contributed by atoms with E-state index in [1.165, 1.54) is 6.33 Å². The molecule has 19 heavy (non-hydrogen) atoms. The summed E-state index contributed by atoms with van der Waals surface area (Å²) in [5.74, 6) is -0.566. The summed E-state index contributed by atoms with van der Waals surface area (Å²) in [6.07, 6.45) is 4.19. The Bertz CT molecular complexity index is 434. The molecule has 104 valence electrons. The van der Waals surface area contributed by atoms with Crippen molar-refractivity contribution in [1.82, 2.24) is 25.8 Å². The molecule has 0 spiro atoms. The first-order chi connectivity index (χ1) is 9.15. The average molecular weight is 267 g/mol. The summed E-state index contributed by atoms with van der Waals surface area (Å²) in [5.41, 5.74) is 0. The number of hydrogen-bond donors (Lipinski definition) is 4. The lowest BCUT2D eigenvalue weighted by molar-refractivity contribution is -0.143. The quantitative estimate of drug-likeness (QED) is 0.623. The van der Waals surface area contributed by atoms with Gasteiger partial charge in [0, 0.05) is 6.04 Å². The number of carboxylic acid groups (broad SMARTS) is 1. The molecule has 0 bridgehead atoms. The van der Waals surface area contributed by atoms with Crippen LogP contribution < -0.4 is 10.6 Å². The number of aromatic nitrogens is 3. The first kappa shape index (κ1) is 13.3. The second-order valence-corrected chi connectivity index (χ2v) is 4.66. The van der Waals surface area contributed by atoms with Gasteiger partial charge in [-0.15, -0.1) is 0 Å². The molecule has 1 aromatic rings. The molecule has 8 heteroatoms. The summed E-state index contributed by atoms with van der Waals surface area (Å²) in [6, 6.07) is -0.392. The molecule has 2 amide bonds. The summed E-state index contributed by atoms with van der Waals surface area (Å²) in [4.78, 5) is 26.5. The molecule has 1 fully saturated rings. The zero-order valence-electron chi connectivity index (χ0n) is 10.4. The molecule has 8 nitrogen and oxygen atoms in total. The van der Waals surface area contributed by atoms with Crippen molar-refractivity contribution in [1.29, 1.82) is 0 Å². The van der Waals surface area contributed by atoms with E-state index in [1.54, 1.807) is 0 Å². The SMILES string of the molecule is O=C(NCc1ncn[nH]1)NC1CCCC(C(=O)O)C1. The van der Waals surface area contributed by atoms with E-state index in [0.29, 0.717) is 18.7 Å². The molecule has 4 N–H and O–H groups in total. The molecule has 1 aliphatic rings. The molecule has 0 radical (unpaired) electrons. The van der Waals surface area contributed by atoms with Crippen LogP contribution in [0, 0.1) is 5.92 Å². The van der Waals surface area contributed by atoms with Crippen molar-refractivity contribution in [3.05, 3.63) is 12.2 Å². The molecule has 0 aliphatic heterocycles. The van der Waals surface area contributed by atoms with Crippen LogP contribution >= 0.6 is 0 Å². The summed E-state index contributed by atoms with van der Waals surface area (Å²) in [5, 5.41) is 20.7. The van der Waals surface area contributed by atoms with E-state index >= 15 is 0 Å².